The summed E-state index contributed by atoms with van der Waals surface area (Å²) in [5, 5.41) is 23.7. The fourth-order valence-electron chi connectivity index (χ4n) is 4.08. The average Bonchev–Trinajstić information content (AvgIpc) is 3.19. The van der Waals surface area contributed by atoms with Crippen molar-refractivity contribution in [2.24, 2.45) is 0 Å². The van der Waals surface area contributed by atoms with Crippen LogP contribution in [0.15, 0.2) is 84.9 Å². The van der Waals surface area contributed by atoms with Crippen molar-refractivity contribution < 1.29 is 19.8 Å². The number of fused-ring (bicyclic) bond motifs is 3. The molecule has 0 bridgehead atoms. The highest BCUT2D eigenvalue weighted by atomic mass is 16.4. The van der Waals surface area contributed by atoms with Crippen LogP contribution in [0.4, 0.5) is 0 Å². The molecule has 0 aliphatic rings. The second kappa shape index (κ2) is 8.12. The first kappa shape index (κ1) is 20.3. The molecule has 0 atom stereocenters. The van der Waals surface area contributed by atoms with Crippen LogP contribution in [0.1, 0.15) is 10.5 Å². The van der Waals surface area contributed by atoms with Crippen LogP contribution < -0.4 is 5.32 Å². The van der Waals surface area contributed by atoms with E-state index in [1.165, 1.54) is 0 Å². The summed E-state index contributed by atoms with van der Waals surface area (Å²) in [6.07, 6.45) is 0. The van der Waals surface area contributed by atoms with Gasteiger partial charge in [0.1, 0.15) is 6.54 Å². The van der Waals surface area contributed by atoms with Crippen molar-refractivity contribution in [3.8, 4) is 22.7 Å². The Balaban J connectivity index is 1.92. The van der Waals surface area contributed by atoms with Gasteiger partial charge in [-0.3, -0.25) is 9.59 Å². The van der Waals surface area contributed by atoms with Gasteiger partial charge in [0.15, 0.2) is 11.4 Å². The first-order chi connectivity index (χ1) is 16.1. The summed E-state index contributed by atoms with van der Waals surface area (Å²) in [7, 11) is 0. The Morgan fingerprint density at radius 1 is 0.879 bits per heavy atom. The lowest BCUT2D eigenvalue weighted by Crippen LogP contribution is -2.30. The normalized spacial score (nSPS) is 11.0. The molecule has 2 heterocycles. The van der Waals surface area contributed by atoms with E-state index in [0.717, 1.165) is 22.2 Å². The summed E-state index contributed by atoms with van der Waals surface area (Å²) < 4.78 is 2.01. The number of aliphatic carboxylic acids is 1. The largest absolute Gasteiger partial charge is 0.505 e. The maximum absolute atomic E-state index is 12.8. The van der Waals surface area contributed by atoms with Crippen LogP contribution in [-0.2, 0) is 4.79 Å². The zero-order valence-electron chi connectivity index (χ0n) is 17.4. The number of nitrogens with zero attached hydrogens (tertiary/aromatic N) is 2. The van der Waals surface area contributed by atoms with Crippen LogP contribution in [-0.4, -0.2) is 38.2 Å². The molecule has 0 saturated carbocycles. The molecule has 0 spiro atoms. The summed E-state index contributed by atoms with van der Waals surface area (Å²) in [5.74, 6) is -2.24. The van der Waals surface area contributed by atoms with E-state index in [2.05, 4.69) is 10.3 Å². The number of pyridine rings is 1. The molecule has 162 valence electrons. The molecule has 0 aliphatic heterocycles. The molecular formula is C26H19N3O4. The van der Waals surface area contributed by atoms with Crippen molar-refractivity contribution in [1.82, 2.24) is 14.9 Å². The number of hydrogen-bond acceptors (Lipinski definition) is 4. The van der Waals surface area contributed by atoms with E-state index >= 15 is 0 Å². The minimum atomic E-state index is -1.19. The predicted molar refractivity (Wildman–Crippen MR) is 126 cm³/mol. The molecule has 1 amide bonds. The van der Waals surface area contributed by atoms with Crippen LogP contribution in [0.5, 0.6) is 5.75 Å². The Bertz CT molecular complexity index is 1510. The number of aromatic hydroxyl groups is 1. The molecule has 3 aromatic carbocycles. The number of carbonyl (C=O) groups is 2. The third-order valence-electron chi connectivity index (χ3n) is 5.46. The number of rotatable bonds is 5. The van der Waals surface area contributed by atoms with Crippen molar-refractivity contribution in [1.29, 1.82) is 0 Å². The van der Waals surface area contributed by atoms with Crippen molar-refractivity contribution in [3.63, 3.8) is 0 Å². The zero-order chi connectivity index (χ0) is 22.9. The highest BCUT2D eigenvalue weighted by Gasteiger charge is 2.26. The van der Waals surface area contributed by atoms with Gasteiger partial charge in [0.25, 0.3) is 5.91 Å². The lowest BCUT2D eigenvalue weighted by Gasteiger charge is -2.13. The molecule has 7 heteroatoms. The van der Waals surface area contributed by atoms with Gasteiger partial charge in [-0.05, 0) is 18.2 Å². The van der Waals surface area contributed by atoms with E-state index in [0.29, 0.717) is 16.6 Å². The first-order valence-corrected chi connectivity index (χ1v) is 10.3. The summed E-state index contributed by atoms with van der Waals surface area (Å²) in [6.45, 7) is -0.579. The minimum absolute atomic E-state index is 0.224. The number of carboxylic acids is 1. The minimum Gasteiger partial charge on any atom is -0.505 e. The Morgan fingerprint density at radius 3 is 2.21 bits per heavy atom. The summed E-state index contributed by atoms with van der Waals surface area (Å²) in [5.41, 5.74) is 3.42. The molecule has 0 saturated heterocycles. The summed E-state index contributed by atoms with van der Waals surface area (Å²) in [4.78, 5) is 28.3. The van der Waals surface area contributed by atoms with Gasteiger partial charge < -0.3 is 20.1 Å². The van der Waals surface area contributed by atoms with Crippen LogP contribution in [0.25, 0.3) is 38.8 Å². The third-order valence-corrected chi connectivity index (χ3v) is 5.46. The van der Waals surface area contributed by atoms with Crippen LogP contribution in [0.2, 0.25) is 0 Å². The van der Waals surface area contributed by atoms with E-state index in [1.807, 2.05) is 89.5 Å². The van der Waals surface area contributed by atoms with Gasteiger partial charge in [0.05, 0.1) is 22.1 Å². The van der Waals surface area contributed by atoms with Gasteiger partial charge >= 0.3 is 5.97 Å². The quantitative estimate of drug-likeness (QED) is 0.379. The van der Waals surface area contributed by atoms with Crippen molar-refractivity contribution >= 4 is 33.7 Å². The highest BCUT2D eigenvalue weighted by molar-refractivity contribution is 6.18. The molecule has 5 aromatic rings. The molecule has 0 aliphatic carbocycles. The maximum Gasteiger partial charge on any atom is 0.322 e. The number of aromatic nitrogens is 2. The van der Waals surface area contributed by atoms with Gasteiger partial charge in [0, 0.05) is 16.6 Å². The van der Waals surface area contributed by atoms with Crippen molar-refractivity contribution in [3.05, 3.63) is 90.6 Å². The Hall–Kier alpha value is -4.65. The van der Waals surface area contributed by atoms with E-state index in [4.69, 9.17) is 5.11 Å². The SMILES string of the molecule is O=C(O)CNC(=O)c1nc(-c2ccccc2)c2c(c1O)c1ccccc1n2-c1ccccc1. The molecule has 7 nitrogen and oxygen atoms in total. The Labute approximate surface area is 188 Å². The fraction of sp³-hybridized carbons (Fsp3) is 0.0385. The topological polar surface area (TPSA) is 104 Å². The third kappa shape index (κ3) is 3.45. The van der Waals surface area contributed by atoms with Gasteiger partial charge in [-0.2, -0.15) is 0 Å². The molecule has 2 aromatic heterocycles. The summed E-state index contributed by atoms with van der Waals surface area (Å²) in [6, 6.07) is 26.7. The maximum atomic E-state index is 12.8. The Morgan fingerprint density at radius 2 is 1.52 bits per heavy atom. The number of nitrogens with one attached hydrogen (secondary N) is 1. The first-order valence-electron chi connectivity index (χ1n) is 10.3. The van der Waals surface area contributed by atoms with Gasteiger partial charge in [-0.15, -0.1) is 0 Å². The van der Waals surface area contributed by atoms with Crippen LogP contribution in [0, 0.1) is 0 Å². The second-order valence-corrected chi connectivity index (χ2v) is 7.51. The number of amides is 1. The predicted octanol–water partition coefficient (Wildman–Crippen LogP) is 4.37. The average molecular weight is 437 g/mol. The van der Waals surface area contributed by atoms with E-state index in [1.54, 1.807) is 0 Å². The summed E-state index contributed by atoms with van der Waals surface area (Å²) >= 11 is 0. The van der Waals surface area contributed by atoms with E-state index in [-0.39, 0.29) is 11.4 Å². The highest BCUT2D eigenvalue weighted by Crippen LogP contribution is 2.42. The molecule has 0 fully saturated rings. The molecular weight excluding hydrogens is 418 g/mol. The van der Waals surface area contributed by atoms with Gasteiger partial charge in [-0.25, -0.2) is 4.98 Å². The van der Waals surface area contributed by atoms with Gasteiger partial charge in [-0.1, -0.05) is 66.7 Å². The molecule has 0 unspecified atom stereocenters. The lowest BCUT2D eigenvalue weighted by molar-refractivity contribution is -0.135. The number of para-hydroxylation sites is 2. The van der Waals surface area contributed by atoms with E-state index < -0.39 is 18.4 Å². The van der Waals surface area contributed by atoms with Crippen LogP contribution in [0.3, 0.4) is 0 Å². The smallest absolute Gasteiger partial charge is 0.322 e. The zero-order valence-corrected chi connectivity index (χ0v) is 17.4. The van der Waals surface area contributed by atoms with E-state index in [9.17, 15) is 14.7 Å². The number of carboxylic acid groups (broad SMARTS) is 1. The number of carbonyl (C=O) groups excluding carboxylic acids is 1. The lowest BCUT2D eigenvalue weighted by atomic mass is 10.0. The Kier molecular flexibility index (Phi) is 4.99. The molecule has 3 N–H and O–H groups in total. The molecule has 0 radical (unpaired) electrons. The standard InChI is InChI=1S/C26H19N3O4/c30-20(31)15-27-26(33)23-25(32)21-18-13-7-8-14-19(18)29(17-11-5-2-6-12-17)24(21)22(28-23)16-9-3-1-4-10-16/h1-14,32H,15H2,(H,27,33)(H,30,31). The number of hydrogen-bond donors (Lipinski definition) is 3. The fourth-order valence-corrected chi connectivity index (χ4v) is 4.08. The molecule has 33 heavy (non-hydrogen) atoms. The monoisotopic (exact) mass is 437 g/mol. The van der Waals surface area contributed by atoms with Crippen LogP contribution >= 0.6 is 0 Å². The van der Waals surface area contributed by atoms with Crippen molar-refractivity contribution in [2.75, 3.05) is 6.54 Å². The second-order valence-electron chi connectivity index (χ2n) is 7.51. The van der Waals surface area contributed by atoms with Gasteiger partial charge in [0.2, 0.25) is 0 Å². The molecule has 5 rings (SSSR count). The number of benzene rings is 3. The van der Waals surface area contributed by atoms with Crippen molar-refractivity contribution in [2.45, 2.75) is 0 Å².